The van der Waals surface area contributed by atoms with E-state index in [-0.39, 0.29) is 75.9 Å². The summed E-state index contributed by atoms with van der Waals surface area (Å²) in [6, 6.07) is 0. The molecule has 1 N–H and O–H groups in total. The fraction of sp³-hybridized carbons (Fsp3) is 0.333. The van der Waals surface area contributed by atoms with Gasteiger partial charge in [0.05, 0.1) is 6.61 Å². The van der Waals surface area contributed by atoms with Gasteiger partial charge in [0.1, 0.15) is 0 Å². The molecule has 2 aliphatic rings. The monoisotopic (exact) mass is 369 g/mol. The number of hydrogen-bond donors (Lipinski definition) is 1. The van der Waals surface area contributed by atoms with Crippen LogP contribution in [0.2, 0.25) is 0 Å². The topological polar surface area (TPSA) is 20.2 Å². The van der Waals surface area contributed by atoms with E-state index in [9.17, 15) is 5.11 Å². The van der Waals surface area contributed by atoms with Gasteiger partial charge in [0.2, 0.25) is 0 Å². The molecule has 0 atom stereocenters. The van der Waals surface area contributed by atoms with E-state index < -0.39 is 0 Å². The molecule has 1 nitrogen and oxygen atoms in total. The van der Waals surface area contributed by atoms with E-state index in [1.54, 1.807) is 0 Å². The van der Waals surface area contributed by atoms with Crippen LogP contribution in [0.4, 0.5) is 0 Å². The molecule has 17 heavy (non-hydrogen) atoms. The van der Waals surface area contributed by atoms with Crippen molar-refractivity contribution in [3.8, 4) is 0 Å². The van der Waals surface area contributed by atoms with E-state index in [1.165, 1.54) is 11.1 Å². The standard InChI is InChI=1S/C12H14O.3ClH.Zr/c13-9-12(10-5-1-2-6-10)11-7-3-4-8-11;;;;/h1-5,7,12-13H,6,8-9H2;3*1H;/q;;;;+3/p-3. The van der Waals surface area contributed by atoms with Crippen molar-refractivity contribution in [2.24, 2.45) is 5.92 Å². The molecule has 2 aliphatic carbocycles. The average molecular weight is 372 g/mol. The molecule has 0 saturated carbocycles. The summed E-state index contributed by atoms with van der Waals surface area (Å²) in [7, 11) is 0. The Kier molecular flexibility index (Phi) is 15.8. The third-order valence-corrected chi connectivity index (χ3v) is 2.68. The van der Waals surface area contributed by atoms with Crippen LogP contribution < -0.4 is 37.2 Å². The average Bonchev–Trinajstić information content (AvgIpc) is 2.76. The minimum atomic E-state index is 0. The van der Waals surface area contributed by atoms with E-state index in [2.05, 4.69) is 36.5 Å². The van der Waals surface area contributed by atoms with Gasteiger partial charge in [0, 0.05) is 5.92 Å². The molecule has 0 amide bonds. The van der Waals surface area contributed by atoms with Crippen molar-refractivity contribution < 1.29 is 68.5 Å². The Labute approximate surface area is 140 Å². The van der Waals surface area contributed by atoms with Gasteiger partial charge >= 0.3 is 26.2 Å². The third-order valence-electron chi connectivity index (χ3n) is 2.68. The number of hydrogen-bond acceptors (Lipinski definition) is 1. The zero-order chi connectivity index (χ0) is 9.10. The number of aliphatic hydroxyl groups excluding tert-OH is 1. The summed E-state index contributed by atoms with van der Waals surface area (Å²) in [4.78, 5) is 0. The number of allylic oxidation sites excluding steroid dienone is 6. The first kappa shape index (κ1) is 22.8. The minimum absolute atomic E-state index is 0. The van der Waals surface area contributed by atoms with Crippen molar-refractivity contribution in [2.45, 2.75) is 12.8 Å². The van der Waals surface area contributed by atoms with Crippen LogP contribution in [0.3, 0.4) is 0 Å². The second-order valence-corrected chi connectivity index (χ2v) is 3.48. The van der Waals surface area contributed by atoms with Crippen LogP contribution in [0.15, 0.2) is 47.6 Å². The second kappa shape index (κ2) is 11.7. The molecule has 0 aromatic heterocycles. The molecule has 0 spiro atoms. The maximum atomic E-state index is 9.31. The van der Waals surface area contributed by atoms with Crippen molar-refractivity contribution >= 4 is 0 Å². The maximum Gasteiger partial charge on any atom is 3.00 e. The van der Waals surface area contributed by atoms with Crippen LogP contribution in [0.5, 0.6) is 0 Å². The van der Waals surface area contributed by atoms with Gasteiger partial charge in [0.25, 0.3) is 0 Å². The molecule has 0 aromatic rings. The largest absolute Gasteiger partial charge is 3.00 e. The predicted octanol–water partition coefficient (Wildman–Crippen LogP) is -6.62. The summed E-state index contributed by atoms with van der Waals surface area (Å²) in [5, 5.41) is 9.31. The molecule has 93 valence electrons. The van der Waals surface area contributed by atoms with Gasteiger partial charge in [-0.15, -0.1) is 0 Å². The van der Waals surface area contributed by atoms with Gasteiger partial charge in [-0.2, -0.15) is 0 Å². The van der Waals surface area contributed by atoms with Gasteiger partial charge in [-0.1, -0.05) is 47.6 Å². The van der Waals surface area contributed by atoms with Crippen molar-refractivity contribution in [1.29, 1.82) is 0 Å². The number of halogens is 3. The van der Waals surface area contributed by atoms with Crippen LogP contribution in [-0.4, -0.2) is 11.7 Å². The Morgan fingerprint density at radius 1 is 0.941 bits per heavy atom. The Balaban J connectivity index is -0.000000490. The molecule has 2 rings (SSSR count). The maximum absolute atomic E-state index is 9.31. The summed E-state index contributed by atoms with van der Waals surface area (Å²) in [5.41, 5.74) is 2.69. The molecule has 0 heterocycles. The Bertz CT molecular complexity index is 292. The number of aliphatic hydroxyl groups is 1. The summed E-state index contributed by atoms with van der Waals surface area (Å²) >= 11 is 0. The minimum Gasteiger partial charge on any atom is -1.00 e. The van der Waals surface area contributed by atoms with E-state index in [4.69, 9.17) is 0 Å². The van der Waals surface area contributed by atoms with Crippen LogP contribution in [0.25, 0.3) is 0 Å². The molecule has 5 heteroatoms. The molecule has 0 fully saturated rings. The summed E-state index contributed by atoms with van der Waals surface area (Å²) in [6.45, 7) is 0.237. The molecular formula is C12H14Cl3OZr. The molecule has 0 bridgehead atoms. The van der Waals surface area contributed by atoms with Crippen molar-refractivity contribution in [2.75, 3.05) is 6.61 Å². The first-order valence-corrected chi connectivity index (χ1v) is 4.74. The Hall–Kier alpha value is 0.673. The molecular weight excluding hydrogens is 358 g/mol. The summed E-state index contributed by atoms with van der Waals surface area (Å²) in [5.74, 6) is 0.255. The van der Waals surface area contributed by atoms with Gasteiger partial charge in [0.15, 0.2) is 0 Å². The van der Waals surface area contributed by atoms with Gasteiger partial charge in [-0.25, -0.2) is 0 Å². The SMILES string of the molecule is OCC(C1=CC=CC1)C1=CC=CC1.[Cl-].[Cl-].[Cl-].[Zr+3]. The Morgan fingerprint density at radius 2 is 1.35 bits per heavy atom. The fourth-order valence-electron chi connectivity index (χ4n) is 1.92. The van der Waals surface area contributed by atoms with Crippen LogP contribution >= 0.6 is 0 Å². The van der Waals surface area contributed by atoms with Gasteiger partial charge < -0.3 is 42.3 Å². The van der Waals surface area contributed by atoms with Crippen molar-refractivity contribution in [3.63, 3.8) is 0 Å². The zero-order valence-corrected chi connectivity index (χ0v) is 14.0. The fourth-order valence-corrected chi connectivity index (χ4v) is 1.92. The van der Waals surface area contributed by atoms with Gasteiger partial charge in [-0.05, 0) is 12.8 Å². The molecule has 0 unspecified atom stereocenters. The van der Waals surface area contributed by atoms with E-state index >= 15 is 0 Å². The van der Waals surface area contributed by atoms with E-state index in [0.29, 0.717) is 0 Å². The van der Waals surface area contributed by atoms with Crippen LogP contribution in [0.1, 0.15) is 12.8 Å². The molecule has 0 saturated heterocycles. The van der Waals surface area contributed by atoms with Gasteiger partial charge in [-0.3, -0.25) is 0 Å². The quantitative estimate of drug-likeness (QED) is 0.523. The normalized spacial score (nSPS) is 15.2. The van der Waals surface area contributed by atoms with Crippen LogP contribution in [0, 0.1) is 5.92 Å². The van der Waals surface area contributed by atoms with Crippen molar-refractivity contribution in [3.05, 3.63) is 47.6 Å². The summed E-state index contributed by atoms with van der Waals surface area (Å²) < 4.78 is 0. The molecule has 0 aliphatic heterocycles. The molecule has 0 aromatic carbocycles. The first-order valence-electron chi connectivity index (χ1n) is 4.74. The first-order chi connectivity index (χ1) is 6.42. The van der Waals surface area contributed by atoms with Crippen molar-refractivity contribution in [1.82, 2.24) is 0 Å². The van der Waals surface area contributed by atoms with E-state index in [1.807, 2.05) is 0 Å². The number of rotatable bonds is 3. The third kappa shape index (κ3) is 5.90. The second-order valence-electron chi connectivity index (χ2n) is 3.48. The van der Waals surface area contributed by atoms with E-state index in [0.717, 1.165) is 12.8 Å². The zero-order valence-electron chi connectivity index (χ0n) is 9.24. The van der Waals surface area contributed by atoms with Crippen LogP contribution in [-0.2, 0) is 26.2 Å². The molecule has 1 radical (unpaired) electrons. The summed E-state index contributed by atoms with van der Waals surface area (Å²) in [6.07, 6.45) is 14.7. The Morgan fingerprint density at radius 3 is 1.59 bits per heavy atom. The smallest absolute Gasteiger partial charge is 1.00 e. The predicted molar refractivity (Wildman–Crippen MR) is 54.3 cm³/mol.